The molecule has 2 nitrogen and oxygen atoms in total. The second-order valence-electron chi connectivity index (χ2n) is 5.24. The van der Waals surface area contributed by atoms with Crippen molar-refractivity contribution >= 4 is 5.78 Å². The molecule has 2 rings (SSSR count). The smallest absolute Gasteiger partial charge is 0.151 e. The summed E-state index contributed by atoms with van der Waals surface area (Å²) in [5.41, 5.74) is 1.13. The standard InChI is InChI=1S/C16H23NO/c18-16(13-15-9-5-4-6-10-15)14-17-11-7-2-1-3-8-12-17/h4-6,9-10H,1-3,7-8,11-14H2. The van der Waals surface area contributed by atoms with E-state index in [1.54, 1.807) is 0 Å². The van der Waals surface area contributed by atoms with Crippen LogP contribution in [0.3, 0.4) is 0 Å². The fraction of sp³-hybridized carbons (Fsp3) is 0.562. The lowest BCUT2D eigenvalue weighted by Crippen LogP contribution is -2.33. The molecule has 0 bridgehead atoms. The van der Waals surface area contributed by atoms with E-state index in [1.165, 1.54) is 32.1 Å². The Morgan fingerprint density at radius 3 is 2.22 bits per heavy atom. The molecule has 98 valence electrons. The molecule has 0 atom stereocenters. The maximum atomic E-state index is 12.0. The molecule has 0 saturated carbocycles. The number of carbonyl (C=O) groups is 1. The molecule has 1 aromatic carbocycles. The van der Waals surface area contributed by atoms with Crippen molar-refractivity contribution in [2.45, 2.75) is 38.5 Å². The molecule has 0 N–H and O–H groups in total. The van der Waals surface area contributed by atoms with Crippen LogP contribution in [0.15, 0.2) is 30.3 Å². The van der Waals surface area contributed by atoms with Gasteiger partial charge in [0, 0.05) is 6.42 Å². The van der Waals surface area contributed by atoms with Crippen molar-refractivity contribution in [3.63, 3.8) is 0 Å². The zero-order valence-corrected chi connectivity index (χ0v) is 11.1. The molecular formula is C16H23NO. The van der Waals surface area contributed by atoms with E-state index < -0.39 is 0 Å². The minimum atomic E-state index is 0.349. The van der Waals surface area contributed by atoms with E-state index in [-0.39, 0.29) is 0 Å². The topological polar surface area (TPSA) is 20.3 Å². The maximum absolute atomic E-state index is 12.0. The third kappa shape index (κ3) is 4.61. The number of hydrogen-bond donors (Lipinski definition) is 0. The van der Waals surface area contributed by atoms with Gasteiger partial charge in [-0.3, -0.25) is 9.69 Å². The zero-order valence-electron chi connectivity index (χ0n) is 11.1. The molecule has 2 heteroatoms. The molecule has 0 aromatic heterocycles. The summed E-state index contributed by atoms with van der Waals surface area (Å²) in [5.74, 6) is 0.349. The largest absolute Gasteiger partial charge is 0.298 e. The molecule has 1 fully saturated rings. The normalized spacial score (nSPS) is 18.0. The van der Waals surface area contributed by atoms with Gasteiger partial charge < -0.3 is 0 Å². The fourth-order valence-electron chi connectivity index (χ4n) is 2.60. The Bertz CT molecular complexity index is 353. The first-order valence-electron chi connectivity index (χ1n) is 7.12. The average molecular weight is 245 g/mol. The third-order valence-corrected chi connectivity index (χ3v) is 3.59. The van der Waals surface area contributed by atoms with Crippen molar-refractivity contribution in [1.29, 1.82) is 0 Å². The Labute approximate surface area is 110 Å². The van der Waals surface area contributed by atoms with Gasteiger partial charge in [-0.05, 0) is 31.5 Å². The number of carbonyl (C=O) groups excluding carboxylic acids is 1. The van der Waals surface area contributed by atoms with Gasteiger partial charge in [0.05, 0.1) is 6.54 Å². The second-order valence-corrected chi connectivity index (χ2v) is 5.24. The predicted octanol–water partition coefficient (Wildman–Crippen LogP) is 3.06. The molecule has 1 aliphatic rings. The summed E-state index contributed by atoms with van der Waals surface area (Å²) in [6, 6.07) is 10.1. The van der Waals surface area contributed by atoms with Gasteiger partial charge in [-0.1, -0.05) is 49.6 Å². The minimum absolute atomic E-state index is 0.349. The highest BCUT2D eigenvalue weighted by Gasteiger charge is 2.12. The molecule has 0 spiro atoms. The predicted molar refractivity (Wildman–Crippen MR) is 74.7 cm³/mol. The molecule has 0 aliphatic carbocycles. The summed E-state index contributed by atoms with van der Waals surface area (Å²) in [5, 5.41) is 0. The van der Waals surface area contributed by atoms with Gasteiger partial charge in [0.25, 0.3) is 0 Å². The quantitative estimate of drug-likeness (QED) is 0.812. The third-order valence-electron chi connectivity index (χ3n) is 3.59. The van der Waals surface area contributed by atoms with Crippen molar-refractivity contribution in [1.82, 2.24) is 4.90 Å². The molecule has 0 radical (unpaired) electrons. The van der Waals surface area contributed by atoms with Crippen LogP contribution < -0.4 is 0 Å². The van der Waals surface area contributed by atoms with Gasteiger partial charge in [-0.15, -0.1) is 0 Å². The van der Waals surface area contributed by atoms with Gasteiger partial charge in [0.1, 0.15) is 0 Å². The van der Waals surface area contributed by atoms with Gasteiger partial charge in [-0.2, -0.15) is 0 Å². The number of likely N-dealkylation sites (tertiary alicyclic amines) is 1. The van der Waals surface area contributed by atoms with Crippen molar-refractivity contribution in [2.24, 2.45) is 0 Å². The van der Waals surface area contributed by atoms with Gasteiger partial charge in [0.15, 0.2) is 5.78 Å². The van der Waals surface area contributed by atoms with Crippen molar-refractivity contribution in [3.05, 3.63) is 35.9 Å². The summed E-state index contributed by atoms with van der Waals surface area (Å²) in [7, 11) is 0. The Hall–Kier alpha value is -1.15. The number of rotatable bonds is 4. The molecule has 0 amide bonds. The fourth-order valence-corrected chi connectivity index (χ4v) is 2.60. The molecule has 18 heavy (non-hydrogen) atoms. The first-order valence-corrected chi connectivity index (χ1v) is 7.12. The first-order chi connectivity index (χ1) is 8.84. The number of hydrogen-bond acceptors (Lipinski definition) is 2. The Morgan fingerprint density at radius 2 is 1.56 bits per heavy atom. The monoisotopic (exact) mass is 245 g/mol. The van der Waals surface area contributed by atoms with Crippen LogP contribution in [-0.2, 0) is 11.2 Å². The average Bonchev–Trinajstić information content (AvgIpc) is 2.34. The summed E-state index contributed by atoms with van der Waals surface area (Å²) in [6.45, 7) is 2.83. The Kier molecular flexibility index (Phi) is 5.40. The van der Waals surface area contributed by atoms with Crippen molar-refractivity contribution < 1.29 is 4.79 Å². The SMILES string of the molecule is O=C(Cc1ccccc1)CN1CCCCCCC1. The lowest BCUT2D eigenvalue weighted by molar-refractivity contribution is -0.119. The number of nitrogens with zero attached hydrogens (tertiary/aromatic N) is 1. The number of Topliss-reactive ketones (excluding diaryl/α,β-unsaturated/α-hetero) is 1. The van der Waals surface area contributed by atoms with E-state index in [2.05, 4.69) is 4.90 Å². The van der Waals surface area contributed by atoms with Gasteiger partial charge in [-0.25, -0.2) is 0 Å². The lowest BCUT2D eigenvalue weighted by Gasteiger charge is -2.23. The zero-order chi connectivity index (χ0) is 12.6. The van der Waals surface area contributed by atoms with Crippen LogP contribution in [0.1, 0.15) is 37.7 Å². The van der Waals surface area contributed by atoms with E-state index >= 15 is 0 Å². The highest BCUT2D eigenvalue weighted by molar-refractivity contribution is 5.82. The second kappa shape index (κ2) is 7.32. The van der Waals surface area contributed by atoms with Crippen molar-refractivity contribution in [2.75, 3.05) is 19.6 Å². The molecule has 0 unspecified atom stereocenters. The van der Waals surface area contributed by atoms with Crippen LogP contribution in [0.5, 0.6) is 0 Å². The van der Waals surface area contributed by atoms with Crippen LogP contribution in [0, 0.1) is 0 Å². The lowest BCUT2D eigenvalue weighted by atomic mass is 10.1. The summed E-state index contributed by atoms with van der Waals surface area (Å²) in [6.07, 6.45) is 7.09. The van der Waals surface area contributed by atoms with E-state index in [4.69, 9.17) is 0 Å². The summed E-state index contributed by atoms with van der Waals surface area (Å²) >= 11 is 0. The summed E-state index contributed by atoms with van der Waals surface area (Å²) < 4.78 is 0. The number of benzene rings is 1. The van der Waals surface area contributed by atoms with Gasteiger partial charge in [0.2, 0.25) is 0 Å². The molecule has 1 heterocycles. The van der Waals surface area contributed by atoms with Gasteiger partial charge >= 0.3 is 0 Å². The first kappa shape index (κ1) is 13.3. The highest BCUT2D eigenvalue weighted by atomic mass is 16.1. The van der Waals surface area contributed by atoms with E-state index in [9.17, 15) is 4.79 Å². The number of ketones is 1. The van der Waals surface area contributed by atoms with Crippen LogP contribution in [0.25, 0.3) is 0 Å². The Morgan fingerprint density at radius 1 is 0.944 bits per heavy atom. The van der Waals surface area contributed by atoms with Crippen LogP contribution >= 0.6 is 0 Å². The molecule has 1 saturated heterocycles. The maximum Gasteiger partial charge on any atom is 0.151 e. The van der Waals surface area contributed by atoms with E-state index in [1.807, 2.05) is 30.3 Å². The Balaban J connectivity index is 1.79. The highest BCUT2D eigenvalue weighted by Crippen LogP contribution is 2.10. The van der Waals surface area contributed by atoms with E-state index in [0.29, 0.717) is 18.7 Å². The molecule has 1 aliphatic heterocycles. The minimum Gasteiger partial charge on any atom is -0.298 e. The molecule has 1 aromatic rings. The van der Waals surface area contributed by atoms with Crippen LogP contribution in [0.2, 0.25) is 0 Å². The van der Waals surface area contributed by atoms with Crippen molar-refractivity contribution in [3.8, 4) is 0 Å². The van der Waals surface area contributed by atoms with Crippen LogP contribution in [-0.4, -0.2) is 30.3 Å². The molecular weight excluding hydrogens is 222 g/mol. The van der Waals surface area contributed by atoms with E-state index in [0.717, 1.165) is 18.7 Å². The summed E-state index contributed by atoms with van der Waals surface area (Å²) in [4.78, 5) is 14.4. The van der Waals surface area contributed by atoms with Crippen LogP contribution in [0.4, 0.5) is 0 Å².